The average molecular weight is 399 g/mol. The van der Waals surface area contributed by atoms with E-state index in [4.69, 9.17) is 16.6 Å². The Hall–Kier alpha value is -2.64. The van der Waals surface area contributed by atoms with E-state index in [-0.39, 0.29) is 5.56 Å². The minimum Gasteiger partial charge on any atom is -0.467 e. The summed E-state index contributed by atoms with van der Waals surface area (Å²) in [4.78, 5) is 19.7. The van der Waals surface area contributed by atoms with Crippen LogP contribution in [0.25, 0.3) is 10.9 Å². The van der Waals surface area contributed by atoms with E-state index in [1.807, 2.05) is 56.3 Å². The molecule has 2 heterocycles. The molecule has 2 aromatic heterocycles. The summed E-state index contributed by atoms with van der Waals surface area (Å²) in [7, 11) is 4.03. The van der Waals surface area contributed by atoms with Crippen molar-refractivity contribution in [2.45, 2.75) is 20.0 Å². The maximum absolute atomic E-state index is 12.6. The second kappa shape index (κ2) is 9.03. The zero-order chi connectivity index (χ0) is 20.1. The minimum absolute atomic E-state index is 0.0833. The zero-order valence-corrected chi connectivity index (χ0v) is 17.3. The molecule has 0 fully saturated rings. The van der Waals surface area contributed by atoms with E-state index in [0.717, 1.165) is 28.8 Å². The van der Waals surface area contributed by atoms with E-state index in [0.29, 0.717) is 30.3 Å². The second-order valence-corrected chi connectivity index (χ2v) is 7.56. The highest BCUT2D eigenvalue weighted by molar-refractivity contribution is 7.80. The van der Waals surface area contributed by atoms with Gasteiger partial charge in [-0.3, -0.25) is 4.79 Å². The van der Waals surface area contributed by atoms with Crippen LogP contribution in [0, 0.1) is 6.92 Å². The Morgan fingerprint density at radius 1 is 1.21 bits per heavy atom. The number of nitrogens with zero attached hydrogens (tertiary/aromatic N) is 2. The Balaban J connectivity index is 1.79. The van der Waals surface area contributed by atoms with Gasteiger partial charge in [0.1, 0.15) is 5.76 Å². The van der Waals surface area contributed by atoms with E-state index in [1.165, 1.54) is 0 Å². The molecule has 0 aliphatic carbocycles. The quantitative estimate of drug-likeness (QED) is 0.597. The molecule has 0 saturated heterocycles. The van der Waals surface area contributed by atoms with Crippen molar-refractivity contribution in [2.75, 3.05) is 27.2 Å². The molecule has 148 valence electrons. The molecule has 0 atom stereocenters. The molecule has 0 spiro atoms. The predicted molar refractivity (Wildman–Crippen MR) is 116 cm³/mol. The first-order chi connectivity index (χ1) is 13.4. The SMILES string of the molecule is Cc1ccc2[nH]c(=O)c(CN(CCN(C)C)C(=S)NCc3ccco3)cc2c1. The number of aromatic amines is 1. The van der Waals surface area contributed by atoms with Crippen molar-refractivity contribution in [1.29, 1.82) is 0 Å². The standard InChI is InChI=1S/C21H26N4O2S/c1-15-6-7-19-16(11-15)12-17(20(26)23-19)14-25(9-8-24(2)3)21(28)22-13-18-5-4-10-27-18/h4-7,10-12H,8-9,13-14H2,1-3H3,(H,22,28)(H,23,26). The Morgan fingerprint density at radius 2 is 2.04 bits per heavy atom. The van der Waals surface area contributed by atoms with Gasteiger partial charge in [0.25, 0.3) is 5.56 Å². The first kappa shape index (κ1) is 20.1. The van der Waals surface area contributed by atoms with Crippen LogP contribution in [0.5, 0.6) is 0 Å². The van der Waals surface area contributed by atoms with Gasteiger partial charge in [-0.2, -0.15) is 0 Å². The van der Waals surface area contributed by atoms with Crippen LogP contribution < -0.4 is 10.9 Å². The van der Waals surface area contributed by atoms with E-state index >= 15 is 0 Å². The molecule has 3 aromatic rings. The fourth-order valence-electron chi connectivity index (χ4n) is 2.96. The van der Waals surface area contributed by atoms with Crippen molar-refractivity contribution in [3.05, 3.63) is 69.9 Å². The number of pyridine rings is 1. The number of furan rings is 1. The maximum Gasteiger partial charge on any atom is 0.253 e. The van der Waals surface area contributed by atoms with Gasteiger partial charge < -0.3 is 24.5 Å². The molecule has 0 aliphatic heterocycles. The summed E-state index contributed by atoms with van der Waals surface area (Å²) >= 11 is 5.60. The lowest BCUT2D eigenvalue weighted by atomic mass is 10.1. The molecule has 1 aromatic carbocycles. The summed E-state index contributed by atoms with van der Waals surface area (Å²) in [6.45, 7) is 4.53. The molecular weight excluding hydrogens is 372 g/mol. The van der Waals surface area contributed by atoms with Gasteiger partial charge in [0.05, 0.1) is 19.4 Å². The third kappa shape index (κ3) is 5.21. The summed E-state index contributed by atoms with van der Waals surface area (Å²) in [5.74, 6) is 0.814. The smallest absolute Gasteiger partial charge is 0.253 e. The lowest BCUT2D eigenvalue weighted by molar-refractivity contribution is 0.321. The fraction of sp³-hybridized carbons (Fsp3) is 0.333. The van der Waals surface area contributed by atoms with Crippen LogP contribution in [0.4, 0.5) is 0 Å². The zero-order valence-electron chi connectivity index (χ0n) is 16.5. The van der Waals surface area contributed by atoms with Crippen LogP contribution in [0.2, 0.25) is 0 Å². The van der Waals surface area contributed by atoms with Crippen LogP contribution in [-0.2, 0) is 13.1 Å². The van der Waals surface area contributed by atoms with Crippen molar-refractivity contribution < 1.29 is 4.42 Å². The normalized spacial score (nSPS) is 11.1. The van der Waals surface area contributed by atoms with Gasteiger partial charge in [-0.05, 0) is 69.0 Å². The van der Waals surface area contributed by atoms with Gasteiger partial charge in [0.15, 0.2) is 5.11 Å². The lowest BCUT2D eigenvalue weighted by Gasteiger charge is -2.27. The van der Waals surface area contributed by atoms with Crippen molar-refractivity contribution >= 4 is 28.2 Å². The Morgan fingerprint density at radius 3 is 2.75 bits per heavy atom. The summed E-state index contributed by atoms with van der Waals surface area (Å²) < 4.78 is 5.35. The van der Waals surface area contributed by atoms with E-state index in [1.54, 1.807) is 6.26 Å². The molecule has 0 unspecified atom stereocenters. The first-order valence-electron chi connectivity index (χ1n) is 9.25. The first-order valence-corrected chi connectivity index (χ1v) is 9.65. The molecule has 6 nitrogen and oxygen atoms in total. The maximum atomic E-state index is 12.6. The molecule has 0 amide bonds. The molecule has 0 aliphatic rings. The molecular formula is C21H26N4O2S. The number of hydrogen-bond donors (Lipinski definition) is 2. The number of benzene rings is 1. The van der Waals surface area contributed by atoms with E-state index in [9.17, 15) is 4.79 Å². The van der Waals surface area contributed by atoms with E-state index in [2.05, 4.69) is 21.3 Å². The highest BCUT2D eigenvalue weighted by Gasteiger charge is 2.14. The summed E-state index contributed by atoms with van der Waals surface area (Å²) in [5, 5.41) is 4.85. The Labute approximate surface area is 170 Å². The van der Waals surface area contributed by atoms with Crippen molar-refractivity contribution in [3.8, 4) is 0 Å². The highest BCUT2D eigenvalue weighted by atomic mass is 32.1. The number of fused-ring (bicyclic) bond motifs is 1. The molecule has 0 bridgehead atoms. The van der Waals surface area contributed by atoms with Gasteiger partial charge in [0.2, 0.25) is 0 Å². The molecule has 0 radical (unpaired) electrons. The fourth-order valence-corrected chi connectivity index (χ4v) is 3.18. The number of aryl methyl sites for hydroxylation is 1. The highest BCUT2D eigenvalue weighted by Crippen LogP contribution is 2.14. The van der Waals surface area contributed by atoms with Crippen LogP contribution in [-0.4, -0.2) is 47.1 Å². The van der Waals surface area contributed by atoms with Crippen LogP contribution in [0.3, 0.4) is 0 Å². The number of likely N-dealkylation sites (N-methyl/N-ethyl adjacent to an activating group) is 1. The number of rotatable bonds is 7. The van der Waals surface area contributed by atoms with Gasteiger partial charge in [-0.25, -0.2) is 0 Å². The van der Waals surface area contributed by atoms with Gasteiger partial charge in [-0.15, -0.1) is 0 Å². The van der Waals surface area contributed by atoms with Gasteiger partial charge in [-0.1, -0.05) is 11.6 Å². The number of H-pyrrole nitrogens is 1. The van der Waals surface area contributed by atoms with Gasteiger partial charge >= 0.3 is 0 Å². The third-order valence-corrected chi connectivity index (χ3v) is 4.94. The lowest BCUT2D eigenvalue weighted by Crippen LogP contribution is -2.43. The summed E-state index contributed by atoms with van der Waals surface area (Å²) in [5.41, 5.74) is 2.61. The number of thiocarbonyl (C=S) groups is 1. The minimum atomic E-state index is -0.0833. The number of hydrogen-bond acceptors (Lipinski definition) is 4. The number of nitrogens with one attached hydrogen (secondary N) is 2. The van der Waals surface area contributed by atoms with Crippen molar-refractivity contribution in [1.82, 2.24) is 20.1 Å². The third-order valence-electron chi connectivity index (χ3n) is 4.54. The topological polar surface area (TPSA) is 64.5 Å². The molecule has 0 saturated carbocycles. The van der Waals surface area contributed by atoms with E-state index < -0.39 is 0 Å². The molecule has 2 N–H and O–H groups in total. The largest absolute Gasteiger partial charge is 0.467 e. The summed E-state index contributed by atoms with van der Waals surface area (Å²) in [6, 6.07) is 11.7. The molecule has 28 heavy (non-hydrogen) atoms. The Bertz CT molecular complexity index is 995. The van der Waals surface area contributed by atoms with Crippen molar-refractivity contribution in [2.24, 2.45) is 0 Å². The van der Waals surface area contributed by atoms with Crippen LogP contribution in [0.1, 0.15) is 16.9 Å². The monoisotopic (exact) mass is 398 g/mol. The average Bonchev–Trinajstić information content (AvgIpc) is 3.17. The van der Waals surface area contributed by atoms with Crippen molar-refractivity contribution in [3.63, 3.8) is 0 Å². The molecule has 7 heteroatoms. The van der Waals surface area contributed by atoms with Crippen LogP contribution >= 0.6 is 12.2 Å². The Kier molecular flexibility index (Phi) is 6.49. The molecule has 3 rings (SSSR count). The second-order valence-electron chi connectivity index (χ2n) is 7.18. The predicted octanol–water partition coefficient (Wildman–Crippen LogP) is 2.87. The van der Waals surface area contributed by atoms with Crippen LogP contribution in [0.15, 0.2) is 51.9 Å². The summed E-state index contributed by atoms with van der Waals surface area (Å²) in [6.07, 6.45) is 1.64. The number of aromatic nitrogens is 1. The van der Waals surface area contributed by atoms with Gasteiger partial charge in [0, 0.05) is 24.2 Å².